The fourth-order valence-electron chi connectivity index (χ4n) is 3.30. The first kappa shape index (κ1) is 11.7. The molecule has 0 aromatic rings. The highest BCUT2D eigenvalue weighted by Gasteiger charge is 2.40. The fourth-order valence-corrected chi connectivity index (χ4v) is 3.51. The summed E-state index contributed by atoms with van der Waals surface area (Å²) in [5.74, 6) is 3.77. The Kier molecular flexibility index (Phi) is 3.33. The van der Waals surface area contributed by atoms with Crippen molar-refractivity contribution in [2.45, 2.75) is 45.1 Å². The van der Waals surface area contributed by atoms with Crippen molar-refractivity contribution >= 4 is 11.6 Å². The minimum Gasteiger partial charge on any atom is -0.300 e. The van der Waals surface area contributed by atoms with Crippen LogP contribution >= 0.6 is 11.6 Å². The molecule has 0 aromatic heterocycles. The molecule has 0 heterocycles. The maximum Gasteiger partial charge on any atom is 0.0402 e. The lowest BCUT2D eigenvalue weighted by atomic mass is 9.87. The molecule has 0 N–H and O–H groups in total. The van der Waals surface area contributed by atoms with E-state index in [1.54, 1.807) is 0 Å². The van der Waals surface area contributed by atoms with Gasteiger partial charge in [-0.3, -0.25) is 4.90 Å². The second-order valence-corrected chi connectivity index (χ2v) is 6.53. The van der Waals surface area contributed by atoms with Gasteiger partial charge in [-0.25, -0.2) is 0 Å². The van der Waals surface area contributed by atoms with Gasteiger partial charge >= 0.3 is 0 Å². The van der Waals surface area contributed by atoms with E-state index in [0.29, 0.717) is 0 Å². The minimum absolute atomic E-state index is 0.156. The maximum atomic E-state index is 6.01. The summed E-state index contributed by atoms with van der Waals surface area (Å²) in [6, 6.07) is 0. The molecule has 2 aliphatic carbocycles. The van der Waals surface area contributed by atoms with Crippen molar-refractivity contribution < 1.29 is 0 Å². The van der Waals surface area contributed by atoms with E-state index in [-0.39, 0.29) is 5.54 Å². The Labute approximate surface area is 99.2 Å². The summed E-state index contributed by atoms with van der Waals surface area (Å²) in [6.07, 6.45) is 5.99. The molecular formula is C13H24ClN. The Morgan fingerprint density at radius 1 is 1.27 bits per heavy atom. The molecule has 2 aliphatic rings. The third-order valence-electron chi connectivity index (χ3n) is 4.75. The first-order valence-electron chi connectivity index (χ1n) is 6.30. The van der Waals surface area contributed by atoms with Crippen molar-refractivity contribution in [2.24, 2.45) is 17.8 Å². The Bertz CT molecular complexity index is 227. The van der Waals surface area contributed by atoms with Crippen molar-refractivity contribution in [3.63, 3.8) is 0 Å². The lowest BCUT2D eigenvalue weighted by Crippen LogP contribution is -2.45. The van der Waals surface area contributed by atoms with Gasteiger partial charge in [-0.1, -0.05) is 6.42 Å². The maximum absolute atomic E-state index is 6.01. The monoisotopic (exact) mass is 229 g/mol. The molecule has 0 aliphatic heterocycles. The quantitative estimate of drug-likeness (QED) is 0.669. The Morgan fingerprint density at radius 3 is 2.47 bits per heavy atom. The summed E-state index contributed by atoms with van der Waals surface area (Å²) in [5.41, 5.74) is 0.156. The molecule has 2 bridgehead atoms. The molecule has 0 spiro atoms. The van der Waals surface area contributed by atoms with E-state index in [4.69, 9.17) is 11.6 Å². The number of nitrogens with zero attached hydrogens (tertiary/aromatic N) is 1. The zero-order chi connectivity index (χ0) is 11.1. The van der Waals surface area contributed by atoms with Gasteiger partial charge in [-0.15, -0.1) is 11.6 Å². The topological polar surface area (TPSA) is 3.24 Å². The fraction of sp³-hybridized carbons (Fsp3) is 1.00. The molecule has 2 fully saturated rings. The van der Waals surface area contributed by atoms with Crippen LogP contribution in [-0.4, -0.2) is 29.9 Å². The summed E-state index contributed by atoms with van der Waals surface area (Å²) in [4.78, 5) is 2.46. The molecular weight excluding hydrogens is 206 g/mol. The third-order valence-corrected chi connectivity index (χ3v) is 5.41. The lowest BCUT2D eigenvalue weighted by Gasteiger charge is -2.37. The van der Waals surface area contributed by atoms with Gasteiger partial charge in [-0.2, -0.15) is 0 Å². The molecule has 3 unspecified atom stereocenters. The average Bonchev–Trinajstić information content (AvgIpc) is 2.79. The van der Waals surface area contributed by atoms with Gasteiger partial charge in [0.05, 0.1) is 0 Å². The normalized spacial score (nSPS) is 35.4. The van der Waals surface area contributed by atoms with Gasteiger partial charge in [0.2, 0.25) is 0 Å². The van der Waals surface area contributed by atoms with Crippen LogP contribution in [0.15, 0.2) is 0 Å². The highest BCUT2D eigenvalue weighted by atomic mass is 35.5. The minimum atomic E-state index is 0.156. The number of hydrogen-bond acceptors (Lipinski definition) is 1. The predicted molar refractivity (Wildman–Crippen MR) is 66.4 cm³/mol. The summed E-state index contributed by atoms with van der Waals surface area (Å²) >= 11 is 6.01. The molecule has 88 valence electrons. The van der Waals surface area contributed by atoms with Crippen LogP contribution in [0.3, 0.4) is 0 Å². The van der Waals surface area contributed by atoms with Crippen molar-refractivity contribution in [1.29, 1.82) is 0 Å². The standard InChI is InChI=1S/C13H24ClN/c1-13(2,9-14)15(3)8-12-7-10-4-5-11(12)6-10/h10-12H,4-9H2,1-3H3. The number of hydrogen-bond donors (Lipinski definition) is 0. The molecule has 0 amide bonds. The van der Waals surface area contributed by atoms with E-state index in [1.165, 1.54) is 32.2 Å². The number of rotatable bonds is 4. The van der Waals surface area contributed by atoms with E-state index < -0.39 is 0 Å². The zero-order valence-electron chi connectivity index (χ0n) is 10.3. The third kappa shape index (κ3) is 2.34. The first-order valence-corrected chi connectivity index (χ1v) is 6.83. The van der Waals surface area contributed by atoms with E-state index in [1.807, 2.05) is 0 Å². The Morgan fingerprint density at radius 2 is 2.00 bits per heavy atom. The average molecular weight is 230 g/mol. The van der Waals surface area contributed by atoms with Crippen LogP contribution in [0.1, 0.15) is 39.5 Å². The Balaban J connectivity index is 1.87. The summed E-state index contributed by atoms with van der Waals surface area (Å²) in [5, 5.41) is 0. The van der Waals surface area contributed by atoms with Gasteiger partial charge in [0.1, 0.15) is 0 Å². The first-order chi connectivity index (χ1) is 7.03. The van der Waals surface area contributed by atoms with Crippen LogP contribution in [0.25, 0.3) is 0 Å². The van der Waals surface area contributed by atoms with Crippen molar-refractivity contribution in [3.8, 4) is 0 Å². The largest absolute Gasteiger partial charge is 0.300 e. The zero-order valence-corrected chi connectivity index (χ0v) is 11.1. The van der Waals surface area contributed by atoms with Gasteiger partial charge in [0, 0.05) is 18.0 Å². The highest BCUT2D eigenvalue weighted by Crippen LogP contribution is 2.48. The molecule has 3 atom stereocenters. The highest BCUT2D eigenvalue weighted by molar-refractivity contribution is 6.18. The van der Waals surface area contributed by atoms with E-state index >= 15 is 0 Å². The molecule has 0 aromatic carbocycles. The van der Waals surface area contributed by atoms with E-state index in [9.17, 15) is 0 Å². The number of alkyl halides is 1. The Hall–Kier alpha value is 0.250. The smallest absolute Gasteiger partial charge is 0.0402 e. The summed E-state index contributed by atoms with van der Waals surface area (Å²) < 4.78 is 0. The van der Waals surface area contributed by atoms with Crippen LogP contribution in [0, 0.1) is 17.8 Å². The molecule has 15 heavy (non-hydrogen) atoms. The molecule has 2 heteroatoms. The molecule has 2 saturated carbocycles. The molecule has 0 radical (unpaired) electrons. The van der Waals surface area contributed by atoms with Crippen LogP contribution < -0.4 is 0 Å². The summed E-state index contributed by atoms with van der Waals surface area (Å²) in [6.45, 7) is 5.74. The second-order valence-electron chi connectivity index (χ2n) is 6.26. The van der Waals surface area contributed by atoms with Gasteiger partial charge in [0.25, 0.3) is 0 Å². The summed E-state index contributed by atoms with van der Waals surface area (Å²) in [7, 11) is 2.23. The van der Waals surface area contributed by atoms with Crippen LogP contribution in [-0.2, 0) is 0 Å². The number of halogens is 1. The number of fused-ring (bicyclic) bond motifs is 2. The lowest BCUT2D eigenvalue weighted by molar-refractivity contribution is 0.130. The van der Waals surface area contributed by atoms with E-state index in [0.717, 1.165) is 23.6 Å². The van der Waals surface area contributed by atoms with Crippen LogP contribution in [0.2, 0.25) is 0 Å². The van der Waals surface area contributed by atoms with Crippen molar-refractivity contribution in [2.75, 3.05) is 19.5 Å². The predicted octanol–water partition coefficient (Wildman–Crippen LogP) is 3.37. The van der Waals surface area contributed by atoms with Gasteiger partial charge in [-0.05, 0) is 57.9 Å². The molecule has 2 rings (SSSR count). The van der Waals surface area contributed by atoms with E-state index in [2.05, 4.69) is 25.8 Å². The van der Waals surface area contributed by atoms with Crippen LogP contribution in [0.4, 0.5) is 0 Å². The SMILES string of the molecule is CN(CC1CC2CCC1C2)C(C)(C)CCl. The van der Waals surface area contributed by atoms with Gasteiger partial charge < -0.3 is 0 Å². The van der Waals surface area contributed by atoms with Crippen LogP contribution in [0.5, 0.6) is 0 Å². The van der Waals surface area contributed by atoms with Gasteiger partial charge in [0.15, 0.2) is 0 Å². The van der Waals surface area contributed by atoms with Crippen molar-refractivity contribution in [1.82, 2.24) is 4.90 Å². The molecule has 0 saturated heterocycles. The van der Waals surface area contributed by atoms with Crippen molar-refractivity contribution in [3.05, 3.63) is 0 Å². The molecule has 1 nitrogen and oxygen atoms in total. The second kappa shape index (κ2) is 4.25.